The first-order valence-corrected chi connectivity index (χ1v) is 9.54. The van der Waals surface area contributed by atoms with E-state index >= 15 is 0 Å². The molecule has 4 rings (SSSR count). The highest BCUT2D eigenvalue weighted by atomic mass is 19.1. The van der Waals surface area contributed by atoms with Gasteiger partial charge in [0.2, 0.25) is 0 Å². The number of aromatic nitrogens is 2. The van der Waals surface area contributed by atoms with E-state index in [9.17, 15) is 14.3 Å². The van der Waals surface area contributed by atoms with Crippen LogP contribution in [0.25, 0.3) is 5.52 Å². The summed E-state index contributed by atoms with van der Waals surface area (Å²) in [6.07, 6.45) is 5.69. The number of aliphatic hydroxyl groups excluding tert-OH is 1. The van der Waals surface area contributed by atoms with Crippen LogP contribution in [0, 0.1) is 11.7 Å². The first kappa shape index (κ1) is 17.9. The van der Waals surface area contributed by atoms with Crippen LogP contribution in [0.3, 0.4) is 0 Å². The minimum absolute atomic E-state index is 0.00975. The number of halogens is 1. The van der Waals surface area contributed by atoms with Gasteiger partial charge in [0, 0.05) is 19.0 Å². The van der Waals surface area contributed by atoms with Gasteiger partial charge in [0.05, 0.1) is 11.6 Å². The Morgan fingerprint density at radius 2 is 1.96 bits per heavy atom. The number of aliphatic hydroxyl groups is 1. The smallest absolute Gasteiger partial charge is 0.181 e. The minimum Gasteiger partial charge on any atom is -0.393 e. The molecule has 1 N–H and O–H groups in total. The number of Topliss-reactive ketones (excluding diaryl/α,β-unsaturated/α-hetero) is 1. The monoisotopic (exact) mass is 366 g/mol. The zero-order valence-electron chi connectivity index (χ0n) is 15.1. The third kappa shape index (κ3) is 3.65. The molecular weight excluding hydrogens is 343 g/mol. The summed E-state index contributed by atoms with van der Waals surface area (Å²) in [6.45, 7) is 0. The van der Waals surface area contributed by atoms with Gasteiger partial charge in [-0.2, -0.15) is 5.10 Å². The van der Waals surface area contributed by atoms with Crippen LogP contribution in [0.15, 0.2) is 48.7 Å². The van der Waals surface area contributed by atoms with Gasteiger partial charge in [0.1, 0.15) is 11.5 Å². The topological polar surface area (TPSA) is 54.6 Å². The first-order chi connectivity index (χ1) is 13.1. The number of rotatable bonds is 5. The van der Waals surface area contributed by atoms with E-state index in [-0.39, 0.29) is 17.5 Å². The average molecular weight is 366 g/mol. The molecule has 1 aliphatic carbocycles. The second-order valence-electron chi connectivity index (χ2n) is 7.38. The molecule has 27 heavy (non-hydrogen) atoms. The summed E-state index contributed by atoms with van der Waals surface area (Å²) in [5.41, 5.74) is 2.79. The van der Waals surface area contributed by atoms with Crippen LogP contribution in [-0.2, 0) is 6.42 Å². The average Bonchev–Trinajstić information content (AvgIpc) is 3.04. The minimum atomic E-state index is -0.403. The number of hydrogen-bond donors (Lipinski definition) is 1. The number of benzene rings is 1. The summed E-state index contributed by atoms with van der Waals surface area (Å²) in [7, 11) is 0. The maximum atomic E-state index is 14.1. The molecule has 1 fully saturated rings. The maximum absolute atomic E-state index is 14.1. The van der Waals surface area contributed by atoms with Crippen molar-refractivity contribution in [1.29, 1.82) is 0 Å². The van der Waals surface area contributed by atoms with Crippen LogP contribution in [0.4, 0.5) is 4.39 Å². The molecule has 0 spiro atoms. The predicted molar refractivity (Wildman–Crippen MR) is 101 cm³/mol. The predicted octanol–water partition coefficient (Wildman–Crippen LogP) is 4.19. The van der Waals surface area contributed by atoms with Gasteiger partial charge in [-0.3, -0.25) is 4.79 Å². The van der Waals surface area contributed by atoms with Gasteiger partial charge >= 0.3 is 0 Å². The van der Waals surface area contributed by atoms with Crippen LogP contribution in [0.2, 0.25) is 0 Å². The van der Waals surface area contributed by atoms with Gasteiger partial charge in [-0.05, 0) is 54.2 Å². The van der Waals surface area contributed by atoms with E-state index in [1.54, 1.807) is 22.8 Å². The second kappa shape index (κ2) is 7.61. The lowest BCUT2D eigenvalue weighted by molar-refractivity contribution is 0.0580. The molecule has 0 saturated heterocycles. The maximum Gasteiger partial charge on any atom is 0.181 e. The van der Waals surface area contributed by atoms with E-state index in [1.807, 2.05) is 24.3 Å². The summed E-state index contributed by atoms with van der Waals surface area (Å²) in [4.78, 5) is 13.0. The van der Waals surface area contributed by atoms with Crippen LogP contribution in [0.1, 0.15) is 53.7 Å². The van der Waals surface area contributed by atoms with Crippen molar-refractivity contribution in [3.8, 4) is 0 Å². The van der Waals surface area contributed by atoms with E-state index in [0.717, 1.165) is 36.8 Å². The molecular formula is C22H23FN2O2. The fraction of sp³-hybridized carbons (Fsp3) is 0.364. The standard InChI is InChI=1S/C22H23FN2O2/c23-18-8-3-1-6-15(18)12-17-13-20(25-19(17)9-5-11-24-25)22(27)14-16-7-2-4-10-21(16)26/h1,3,5-6,8-9,11,13,16,21,26H,2,4,7,10,12,14H2/t16-,21+/m1/s1. The molecule has 0 amide bonds. The second-order valence-corrected chi connectivity index (χ2v) is 7.38. The van der Waals surface area contributed by atoms with Crippen LogP contribution < -0.4 is 0 Å². The zero-order valence-corrected chi connectivity index (χ0v) is 15.1. The van der Waals surface area contributed by atoms with Gasteiger partial charge in [0.15, 0.2) is 5.78 Å². The van der Waals surface area contributed by atoms with Crippen LogP contribution in [-0.4, -0.2) is 26.6 Å². The lowest BCUT2D eigenvalue weighted by Gasteiger charge is -2.26. The Kier molecular flexibility index (Phi) is 5.03. The van der Waals surface area contributed by atoms with Crippen molar-refractivity contribution < 1.29 is 14.3 Å². The Hall–Kier alpha value is -2.53. The van der Waals surface area contributed by atoms with Crippen molar-refractivity contribution in [3.63, 3.8) is 0 Å². The van der Waals surface area contributed by atoms with Crippen molar-refractivity contribution in [2.75, 3.05) is 0 Å². The first-order valence-electron chi connectivity index (χ1n) is 9.54. The SMILES string of the molecule is O=C(C[C@H]1CCCC[C@@H]1O)c1cc(Cc2ccccc2F)c2cccnn12. The number of carbonyl (C=O) groups excluding carboxylic acids is 1. The van der Waals surface area contributed by atoms with Gasteiger partial charge in [-0.25, -0.2) is 8.91 Å². The molecule has 1 aliphatic rings. The molecule has 2 atom stereocenters. The molecule has 3 aromatic rings. The highest BCUT2D eigenvalue weighted by Crippen LogP contribution is 2.29. The fourth-order valence-corrected chi connectivity index (χ4v) is 4.06. The van der Waals surface area contributed by atoms with Crippen molar-refractivity contribution in [3.05, 3.63) is 71.3 Å². The van der Waals surface area contributed by atoms with Crippen LogP contribution >= 0.6 is 0 Å². The van der Waals surface area contributed by atoms with Crippen molar-refractivity contribution in [1.82, 2.24) is 9.61 Å². The lowest BCUT2D eigenvalue weighted by Crippen LogP contribution is -2.27. The molecule has 0 bridgehead atoms. The third-order valence-corrected chi connectivity index (χ3v) is 5.56. The highest BCUT2D eigenvalue weighted by Gasteiger charge is 2.27. The number of ketones is 1. The normalized spacial score (nSPS) is 20.1. The molecule has 5 heteroatoms. The van der Waals surface area contributed by atoms with Gasteiger partial charge in [-0.15, -0.1) is 0 Å². The third-order valence-electron chi connectivity index (χ3n) is 5.56. The summed E-state index contributed by atoms with van der Waals surface area (Å²) < 4.78 is 15.7. The number of carbonyl (C=O) groups is 1. The lowest BCUT2D eigenvalue weighted by atomic mass is 9.83. The molecule has 0 unspecified atom stereocenters. The number of nitrogens with zero attached hydrogens (tertiary/aromatic N) is 2. The van der Waals surface area contributed by atoms with Crippen molar-refractivity contribution in [2.45, 2.75) is 44.6 Å². The Labute approximate surface area is 157 Å². The Morgan fingerprint density at radius 1 is 1.15 bits per heavy atom. The van der Waals surface area contributed by atoms with E-state index in [0.29, 0.717) is 24.1 Å². The van der Waals surface area contributed by atoms with Crippen LogP contribution in [0.5, 0.6) is 0 Å². The molecule has 140 valence electrons. The molecule has 1 saturated carbocycles. The molecule has 0 radical (unpaired) electrons. The van der Waals surface area contributed by atoms with Gasteiger partial charge in [-0.1, -0.05) is 31.0 Å². The summed E-state index contributed by atoms with van der Waals surface area (Å²) in [5.74, 6) is -0.260. The van der Waals surface area contributed by atoms with Crippen molar-refractivity contribution >= 4 is 11.3 Å². The molecule has 4 nitrogen and oxygen atoms in total. The highest BCUT2D eigenvalue weighted by molar-refractivity contribution is 5.96. The molecule has 2 heterocycles. The summed E-state index contributed by atoms with van der Waals surface area (Å²) in [6, 6.07) is 12.2. The van der Waals surface area contributed by atoms with Gasteiger partial charge in [0.25, 0.3) is 0 Å². The summed E-state index contributed by atoms with van der Waals surface area (Å²) >= 11 is 0. The zero-order chi connectivity index (χ0) is 18.8. The van der Waals surface area contributed by atoms with Gasteiger partial charge < -0.3 is 5.11 Å². The van der Waals surface area contributed by atoms with E-state index in [1.165, 1.54) is 6.07 Å². The largest absolute Gasteiger partial charge is 0.393 e. The van der Waals surface area contributed by atoms with E-state index in [4.69, 9.17) is 0 Å². The summed E-state index contributed by atoms with van der Waals surface area (Å²) in [5, 5.41) is 14.5. The molecule has 1 aromatic carbocycles. The fourth-order valence-electron chi connectivity index (χ4n) is 4.06. The Balaban J connectivity index is 1.65. The quantitative estimate of drug-likeness (QED) is 0.689. The Bertz CT molecular complexity index is 966. The molecule has 2 aromatic heterocycles. The molecule has 0 aliphatic heterocycles. The Morgan fingerprint density at radius 3 is 2.78 bits per heavy atom. The number of hydrogen-bond acceptors (Lipinski definition) is 3. The number of fused-ring (bicyclic) bond motifs is 1. The van der Waals surface area contributed by atoms with Crippen molar-refractivity contribution in [2.24, 2.45) is 5.92 Å². The van der Waals surface area contributed by atoms with E-state index in [2.05, 4.69) is 5.10 Å². The van der Waals surface area contributed by atoms with E-state index < -0.39 is 6.10 Å².